The summed E-state index contributed by atoms with van der Waals surface area (Å²) in [7, 11) is 1.33. The topological polar surface area (TPSA) is 74.3 Å². The SMILES string of the molecule is COC(=O)CCn1c(C)ccc(CN)c1=O. The van der Waals surface area contributed by atoms with Gasteiger partial charge in [-0.2, -0.15) is 0 Å². The van der Waals surface area contributed by atoms with Crippen LogP contribution in [-0.2, 0) is 22.6 Å². The molecule has 0 bridgehead atoms. The van der Waals surface area contributed by atoms with Gasteiger partial charge in [-0.15, -0.1) is 0 Å². The summed E-state index contributed by atoms with van der Waals surface area (Å²) in [5.74, 6) is -0.329. The average molecular weight is 224 g/mol. The van der Waals surface area contributed by atoms with Crippen molar-refractivity contribution in [2.75, 3.05) is 7.11 Å². The second kappa shape index (κ2) is 5.46. The maximum atomic E-state index is 11.9. The van der Waals surface area contributed by atoms with Crippen molar-refractivity contribution >= 4 is 5.97 Å². The molecular formula is C11H16N2O3. The van der Waals surface area contributed by atoms with E-state index >= 15 is 0 Å². The summed E-state index contributed by atoms with van der Waals surface area (Å²) in [6.45, 7) is 2.35. The second-order valence-corrected chi connectivity index (χ2v) is 3.49. The van der Waals surface area contributed by atoms with Crippen LogP contribution in [0.25, 0.3) is 0 Å². The van der Waals surface area contributed by atoms with Gasteiger partial charge in [-0.25, -0.2) is 0 Å². The van der Waals surface area contributed by atoms with Crippen molar-refractivity contribution in [3.63, 3.8) is 0 Å². The molecule has 0 saturated carbocycles. The number of hydrogen-bond acceptors (Lipinski definition) is 4. The number of aromatic nitrogens is 1. The zero-order chi connectivity index (χ0) is 12.1. The Morgan fingerprint density at radius 2 is 2.19 bits per heavy atom. The fourth-order valence-electron chi connectivity index (χ4n) is 1.45. The van der Waals surface area contributed by atoms with Crippen LogP contribution in [0.3, 0.4) is 0 Å². The summed E-state index contributed by atoms with van der Waals surface area (Å²) in [5, 5.41) is 0. The molecule has 1 rings (SSSR count). The van der Waals surface area contributed by atoms with Gasteiger partial charge in [0.15, 0.2) is 0 Å². The van der Waals surface area contributed by atoms with Crippen LogP contribution in [0.4, 0.5) is 0 Å². The smallest absolute Gasteiger partial charge is 0.307 e. The van der Waals surface area contributed by atoms with Gasteiger partial charge in [0, 0.05) is 24.3 Å². The minimum Gasteiger partial charge on any atom is -0.469 e. The summed E-state index contributed by atoms with van der Waals surface area (Å²) in [6.07, 6.45) is 0.186. The van der Waals surface area contributed by atoms with Gasteiger partial charge in [0.2, 0.25) is 0 Å². The van der Waals surface area contributed by atoms with Gasteiger partial charge in [-0.1, -0.05) is 6.07 Å². The van der Waals surface area contributed by atoms with Crippen molar-refractivity contribution in [1.82, 2.24) is 4.57 Å². The van der Waals surface area contributed by atoms with Crippen LogP contribution < -0.4 is 11.3 Å². The molecule has 5 heteroatoms. The van der Waals surface area contributed by atoms with E-state index < -0.39 is 0 Å². The Bertz CT molecular complexity index is 437. The third kappa shape index (κ3) is 2.70. The first-order valence-electron chi connectivity index (χ1n) is 5.06. The highest BCUT2D eigenvalue weighted by Crippen LogP contribution is 2.00. The minimum absolute atomic E-state index is 0.133. The molecule has 0 amide bonds. The molecule has 0 saturated heterocycles. The molecule has 5 nitrogen and oxygen atoms in total. The lowest BCUT2D eigenvalue weighted by Gasteiger charge is -2.10. The number of methoxy groups -OCH3 is 1. The number of ether oxygens (including phenoxy) is 1. The number of pyridine rings is 1. The Balaban J connectivity index is 2.94. The fraction of sp³-hybridized carbons (Fsp3) is 0.455. The lowest BCUT2D eigenvalue weighted by atomic mass is 10.2. The maximum absolute atomic E-state index is 11.9. The van der Waals surface area contributed by atoms with E-state index in [1.54, 1.807) is 10.6 Å². The van der Waals surface area contributed by atoms with E-state index in [9.17, 15) is 9.59 Å². The molecule has 0 aliphatic heterocycles. The van der Waals surface area contributed by atoms with Crippen LogP contribution in [-0.4, -0.2) is 17.6 Å². The molecule has 0 atom stereocenters. The van der Waals surface area contributed by atoms with Crippen molar-refractivity contribution in [3.8, 4) is 0 Å². The predicted octanol–water partition coefficient (Wildman–Crippen LogP) is 0.179. The first-order valence-corrected chi connectivity index (χ1v) is 5.06. The van der Waals surface area contributed by atoms with Crippen molar-refractivity contribution in [3.05, 3.63) is 33.7 Å². The van der Waals surface area contributed by atoms with Gasteiger partial charge in [-0.3, -0.25) is 9.59 Å². The molecule has 1 heterocycles. The van der Waals surface area contributed by atoms with Gasteiger partial charge >= 0.3 is 5.97 Å². The van der Waals surface area contributed by atoms with Crippen LogP contribution in [0, 0.1) is 6.92 Å². The van der Waals surface area contributed by atoms with E-state index in [0.717, 1.165) is 5.69 Å². The van der Waals surface area contributed by atoms with E-state index in [1.807, 2.05) is 13.0 Å². The number of rotatable bonds is 4. The van der Waals surface area contributed by atoms with Crippen LogP contribution in [0.15, 0.2) is 16.9 Å². The molecule has 0 fully saturated rings. The molecule has 16 heavy (non-hydrogen) atoms. The molecule has 0 radical (unpaired) electrons. The molecule has 1 aromatic rings. The molecule has 0 aliphatic rings. The minimum atomic E-state index is -0.329. The summed E-state index contributed by atoms with van der Waals surface area (Å²) in [5.41, 5.74) is 6.68. The zero-order valence-corrected chi connectivity index (χ0v) is 9.53. The standard InChI is InChI=1S/C11H16N2O3/c1-8-3-4-9(7-12)11(15)13(8)6-5-10(14)16-2/h3-4H,5-7,12H2,1-2H3. The molecule has 0 unspecified atom stereocenters. The second-order valence-electron chi connectivity index (χ2n) is 3.49. The van der Waals surface area contributed by atoms with E-state index in [0.29, 0.717) is 12.1 Å². The van der Waals surface area contributed by atoms with Gasteiger partial charge in [-0.05, 0) is 13.0 Å². The Hall–Kier alpha value is -1.62. The van der Waals surface area contributed by atoms with Crippen LogP contribution in [0.5, 0.6) is 0 Å². The Labute approximate surface area is 93.8 Å². The van der Waals surface area contributed by atoms with Crippen LogP contribution in [0.1, 0.15) is 17.7 Å². The lowest BCUT2D eigenvalue weighted by molar-refractivity contribution is -0.140. The quantitative estimate of drug-likeness (QED) is 0.740. The predicted molar refractivity (Wildman–Crippen MR) is 60.0 cm³/mol. The van der Waals surface area contributed by atoms with Gasteiger partial charge in [0.1, 0.15) is 0 Å². The van der Waals surface area contributed by atoms with Gasteiger partial charge < -0.3 is 15.0 Å². The van der Waals surface area contributed by atoms with Crippen molar-refractivity contribution < 1.29 is 9.53 Å². The maximum Gasteiger partial charge on any atom is 0.307 e. The molecule has 88 valence electrons. The van der Waals surface area contributed by atoms with E-state index in [-0.39, 0.29) is 24.5 Å². The number of carbonyl (C=O) groups is 1. The highest BCUT2D eigenvalue weighted by molar-refractivity contribution is 5.68. The number of nitrogens with zero attached hydrogens (tertiary/aromatic N) is 1. The normalized spacial score (nSPS) is 10.2. The van der Waals surface area contributed by atoms with E-state index in [2.05, 4.69) is 4.74 Å². The number of aryl methyl sites for hydroxylation is 1. The largest absolute Gasteiger partial charge is 0.469 e. The highest BCUT2D eigenvalue weighted by atomic mass is 16.5. The molecule has 1 aromatic heterocycles. The summed E-state index contributed by atoms with van der Waals surface area (Å²) in [6, 6.07) is 3.53. The molecule has 2 N–H and O–H groups in total. The Kier molecular flexibility index (Phi) is 4.25. The monoisotopic (exact) mass is 224 g/mol. The molecule has 0 aliphatic carbocycles. The van der Waals surface area contributed by atoms with Crippen molar-refractivity contribution in [2.45, 2.75) is 26.4 Å². The number of carbonyl (C=O) groups excluding carboxylic acids is 1. The zero-order valence-electron chi connectivity index (χ0n) is 9.53. The average Bonchev–Trinajstić information content (AvgIpc) is 2.28. The number of nitrogens with two attached hydrogens (primary N) is 1. The van der Waals surface area contributed by atoms with Gasteiger partial charge in [0.05, 0.1) is 13.5 Å². The summed E-state index contributed by atoms with van der Waals surface area (Å²) < 4.78 is 6.07. The molecule has 0 spiro atoms. The van der Waals surface area contributed by atoms with Crippen molar-refractivity contribution in [2.24, 2.45) is 5.73 Å². The highest BCUT2D eigenvalue weighted by Gasteiger charge is 2.07. The summed E-state index contributed by atoms with van der Waals surface area (Å²) in [4.78, 5) is 22.9. The Morgan fingerprint density at radius 3 is 2.75 bits per heavy atom. The summed E-state index contributed by atoms with van der Waals surface area (Å²) >= 11 is 0. The third-order valence-corrected chi connectivity index (χ3v) is 2.46. The van der Waals surface area contributed by atoms with E-state index in [1.165, 1.54) is 7.11 Å². The lowest BCUT2D eigenvalue weighted by Crippen LogP contribution is -2.27. The fourth-order valence-corrected chi connectivity index (χ4v) is 1.45. The first-order chi connectivity index (χ1) is 7.60. The third-order valence-electron chi connectivity index (χ3n) is 2.46. The molecular weight excluding hydrogens is 208 g/mol. The van der Waals surface area contributed by atoms with E-state index in [4.69, 9.17) is 5.73 Å². The number of esters is 1. The van der Waals surface area contributed by atoms with Crippen LogP contribution in [0.2, 0.25) is 0 Å². The molecule has 0 aromatic carbocycles. The first kappa shape index (κ1) is 12.4. The number of hydrogen-bond donors (Lipinski definition) is 1. The van der Waals surface area contributed by atoms with Gasteiger partial charge in [0.25, 0.3) is 5.56 Å². The Morgan fingerprint density at radius 1 is 1.50 bits per heavy atom. The van der Waals surface area contributed by atoms with Crippen molar-refractivity contribution in [1.29, 1.82) is 0 Å². The van der Waals surface area contributed by atoms with Crippen LogP contribution >= 0.6 is 0 Å².